The van der Waals surface area contributed by atoms with Gasteiger partial charge in [-0.3, -0.25) is 14.4 Å². The zero-order valence-electron chi connectivity index (χ0n) is 20.9. The van der Waals surface area contributed by atoms with E-state index in [2.05, 4.69) is 15.5 Å². The number of hydrogen-bond acceptors (Lipinski definition) is 6. The van der Waals surface area contributed by atoms with Gasteiger partial charge in [0.05, 0.1) is 18.2 Å². The van der Waals surface area contributed by atoms with Gasteiger partial charge in [0.15, 0.2) is 5.78 Å². The number of nitrogens with zero attached hydrogens (tertiary/aromatic N) is 1. The number of rotatable bonds is 7. The first kappa shape index (κ1) is 25.4. The van der Waals surface area contributed by atoms with Gasteiger partial charge in [0.25, 0.3) is 11.8 Å². The quantitative estimate of drug-likeness (QED) is 0.306. The predicted octanol–water partition coefficient (Wildman–Crippen LogP) is 5.63. The molecule has 0 radical (unpaired) electrons. The number of anilines is 3. The van der Waals surface area contributed by atoms with Crippen LogP contribution in [-0.4, -0.2) is 43.9 Å². The number of ether oxygens (including phenoxy) is 1. The third-order valence-corrected chi connectivity index (χ3v) is 7.25. The third kappa shape index (κ3) is 5.99. The maximum atomic E-state index is 12.9. The lowest BCUT2D eigenvalue weighted by atomic mass is 10.0. The van der Waals surface area contributed by atoms with Crippen molar-refractivity contribution in [3.8, 4) is 0 Å². The zero-order valence-corrected chi connectivity index (χ0v) is 21.7. The van der Waals surface area contributed by atoms with Crippen LogP contribution >= 0.6 is 11.3 Å². The van der Waals surface area contributed by atoms with Gasteiger partial charge in [0.1, 0.15) is 0 Å². The molecule has 3 aromatic carbocycles. The van der Waals surface area contributed by atoms with E-state index in [1.54, 1.807) is 48.5 Å². The van der Waals surface area contributed by atoms with Gasteiger partial charge in [-0.1, -0.05) is 12.1 Å². The molecule has 0 unspecified atom stereocenters. The minimum absolute atomic E-state index is 0.164. The van der Waals surface area contributed by atoms with Crippen molar-refractivity contribution in [1.29, 1.82) is 0 Å². The Labute approximate surface area is 225 Å². The van der Waals surface area contributed by atoms with Crippen LogP contribution in [0.4, 0.5) is 16.4 Å². The Kier molecular flexibility index (Phi) is 7.62. The normalized spacial score (nSPS) is 13.1. The Morgan fingerprint density at radius 2 is 1.26 bits per heavy atom. The molecule has 5 rings (SSSR count). The fraction of sp³-hybridized carbons (Fsp3) is 0.167. The van der Waals surface area contributed by atoms with Crippen molar-refractivity contribution in [2.45, 2.75) is 6.92 Å². The lowest BCUT2D eigenvalue weighted by Crippen LogP contribution is -2.36. The molecule has 2 amide bonds. The topological polar surface area (TPSA) is 87.7 Å². The summed E-state index contributed by atoms with van der Waals surface area (Å²) in [6.45, 7) is 5.06. The van der Waals surface area contributed by atoms with Crippen molar-refractivity contribution < 1.29 is 19.1 Å². The van der Waals surface area contributed by atoms with Gasteiger partial charge in [-0.2, -0.15) is 0 Å². The summed E-state index contributed by atoms with van der Waals surface area (Å²) in [5.41, 5.74) is 4.76. The Hall–Kier alpha value is -4.27. The average molecular weight is 526 g/mol. The molecule has 0 spiro atoms. The summed E-state index contributed by atoms with van der Waals surface area (Å²) in [5, 5.41) is 8.49. The number of thiophene rings is 1. The van der Waals surface area contributed by atoms with Crippen molar-refractivity contribution in [3.05, 3.63) is 112 Å². The van der Waals surface area contributed by atoms with Crippen LogP contribution in [0.3, 0.4) is 0 Å². The lowest BCUT2D eigenvalue weighted by molar-refractivity contribution is 0.101. The van der Waals surface area contributed by atoms with E-state index < -0.39 is 0 Å². The van der Waals surface area contributed by atoms with Gasteiger partial charge in [-0.15, -0.1) is 11.3 Å². The molecule has 0 saturated carbocycles. The Morgan fingerprint density at radius 1 is 0.737 bits per heavy atom. The largest absolute Gasteiger partial charge is 0.378 e. The van der Waals surface area contributed by atoms with Gasteiger partial charge >= 0.3 is 0 Å². The van der Waals surface area contributed by atoms with E-state index in [9.17, 15) is 14.4 Å². The highest BCUT2D eigenvalue weighted by Crippen LogP contribution is 2.21. The predicted molar refractivity (Wildman–Crippen MR) is 151 cm³/mol. The molecule has 1 aromatic heterocycles. The molecule has 0 bridgehead atoms. The summed E-state index contributed by atoms with van der Waals surface area (Å²) in [6, 6.07) is 22.8. The second kappa shape index (κ2) is 11.4. The van der Waals surface area contributed by atoms with E-state index >= 15 is 0 Å². The number of amides is 2. The molecular weight excluding hydrogens is 498 g/mol. The highest BCUT2D eigenvalue weighted by atomic mass is 32.1. The van der Waals surface area contributed by atoms with Crippen molar-refractivity contribution in [2.75, 3.05) is 41.8 Å². The summed E-state index contributed by atoms with van der Waals surface area (Å²) in [4.78, 5) is 40.3. The van der Waals surface area contributed by atoms with Crippen LogP contribution in [0, 0.1) is 6.92 Å². The highest BCUT2D eigenvalue weighted by Gasteiger charge is 2.14. The highest BCUT2D eigenvalue weighted by molar-refractivity contribution is 7.14. The number of carbonyl (C=O) groups excluding carboxylic acids is 3. The molecule has 8 heteroatoms. The lowest BCUT2D eigenvalue weighted by Gasteiger charge is -2.28. The van der Waals surface area contributed by atoms with Gasteiger partial charge in [-0.05, 0) is 84.6 Å². The molecule has 0 atom stereocenters. The molecule has 1 fully saturated rings. The van der Waals surface area contributed by atoms with Crippen LogP contribution in [-0.2, 0) is 4.74 Å². The first-order valence-corrected chi connectivity index (χ1v) is 13.2. The average Bonchev–Trinajstić information content (AvgIpc) is 3.37. The van der Waals surface area contributed by atoms with Crippen LogP contribution in [0.1, 0.15) is 42.2 Å². The number of morpholine rings is 1. The van der Waals surface area contributed by atoms with E-state index in [0.29, 0.717) is 41.2 Å². The monoisotopic (exact) mass is 525 g/mol. The van der Waals surface area contributed by atoms with Gasteiger partial charge in [-0.25, -0.2) is 0 Å². The summed E-state index contributed by atoms with van der Waals surface area (Å²) in [5.74, 6) is -0.603. The van der Waals surface area contributed by atoms with Crippen LogP contribution in [0.5, 0.6) is 0 Å². The van der Waals surface area contributed by atoms with Gasteiger partial charge in [0, 0.05) is 46.7 Å². The maximum absolute atomic E-state index is 12.9. The molecule has 2 heterocycles. The molecule has 1 saturated heterocycles. The Morgan fingerprint density at radius 3 is 1.84 bits per heavy atom. The molecule has 2 N–H and O–H groups in total. The smallest absolute Gasteiger partial charge is 0.256 e. The van der Waals surface area contributed by atoms with Crippen molar-refractivity contribution in [1.82, 2.24) is 0 Å². The van der Waals surface area contributed by atoms with Crippen molar-refractivity contribution in [2.24, 2.45) is 0 Å². The molecule has 1 aliphatic heterocycles. The maximum Gasteiger partial charge on any atom is 0.256 e. The SMILES string of the molecule is Cc1csc(NC(=O)c2ccc(C(=O)c3ccc(NC(=O)c4ccc(N5CCOCC5)cc4)cc3)cc2)c1. The molecular formula is C30H27N3O4S. The van der Waals surface area contributed by atoms with Crippen LogP contribution in [0.25, 0.3) is 0 Å². The van der Waals surface area contributed by atoms with E-state index in [4.69, 9.17) is 4.74 Å². The van der Waals surface area contributed by atoms with E-state index in [-0.39, 0.29) is 17.6 Å². The first-order chi connectivity index (χ1) is 18.5. The number of nitrogens with one attached hydrogen (secondary N) is 2. The number of carbonyl (C=O) groups is 3. The fourth-order valence-electron chi connectivity index (χ4n) is 4.17. The zero-order chi connectivity index (χ0) is 26.5. The van der Waals surface area contributed by atoms with Crippen LogP contribution < -0.4 is 15.5 Å². The summed E-state index contributed by atoms with van der Waals surface area (Å²) in [7, 11) is 0. The first-order valence-electron chi connectivity index (χ1n) is 12.3. The third-order valence-electron chi connectivity index (χ3n) is 6.29. The van der Waals surface area contributed by atoms with E-state index in [1.165, 1.54) is 11.3 Å². The minimum atomic E-state index is -0.221. The summed E-state index contributed by atoms with van der Waals surface area (Å²) in [6.07, 6.45) is 0. The van der Waals surface area contributed by atoms with Crippen molar-refractivity contribution >= 4 is 45.3 Å². The van der Waals surface area contributed by atoms with Crippen LogP contribution in [0.15, 0.2) is 84.2 Å². The minimum Gasteiger partial charge on any atom is -0.378 e. The standard InChI is InChI=1S/C30H27N3O4S/c1-20-18-27(38-19-20)32-30(36)23-4-2-21(3-5-23)28(34)22-6-10-25(11-7-22)31-29(35)24-8-12-26(13-9-24)33-14-16-37-17-15-33/h2-13,18-19H,14-17H2,1H3,(H,31,35)(H,32,36). The number of benzene rings is 3. The number of ketones is 1. The second-order valence-electron chi connectivity index (χ2n) is 9.03. The van der Waals surface area contributed by atoms with Crippen molar-refractivity contribution in [3.63, 3.8) is 0 Å². The van der Waals surface area contributed by atoms with Gasteiger partial charge < -0.3 is 20.3 Å². The molecule has 1 aliphatic rings. The molecule has 4 aromatic rings. The van der Waals surface area contributed by atoms with Gasteiger partial charge in [0.2, 0.25) is 0 Å². The summed E-state index contributed by atoms with van der Waals surface area (Å²) >= 11 is 1.47. The second-order valence-corrected chi connectivity index (χ2v) is 9.94. The number of hydrogen-bond donors (Lipinski definition) is 2. The summed E-state index contributed by atoms with van der Waals surface area (Å²) < 4.78 is 5.39. The number of aryl methyl sites for hydroxylation is 1. The van der Waals surface area contributed by atoms with E-state index in [1.807, 2.05) is 42.6 Å². The molecule has 38 heavy (non-hydrogen) atoms. The molecule has 0 aliphatic carbocycles. The molecule has 7 nitrogen and oxygen atoms in total. The fourth-order valence-corrected chi connectivity index (χ4v) is 4.96. The Balaban J connectivity index is 1.18. The van der Waals surface area contributed by atoms with Crippen LogP contribution in [0.2, 0.25) is 0 Å². The van der Waals surface area contributed by atoms with E-state index in [0.717, 1.165) is 29.3 Å². The Bertz CT molecular complexity index is 1440. The molecule has 192 valence electrons.